The number of rotatable bonds is 5. The maximum absolute atomic E-state index is 13.1. The van der Waals surface area contributed by atoms with Crippen LogP contribution in [0.5, 0.6) is 0 Å². The number of nitrogens with zero attached hydrogens (tertiary/aromatic N) is 4. The lowest BCUT2D eigenvalue weighted by Crippen LogP contribution is -2.08. The van der Waals surface area contributed by atoms with Crippen molar-refractivity contribution in [1.29, 1.82) is 0 Å². The van der Waals surface area contributed by atoms with Gasteiger partial charge >= 0.3 is 6.18 Å². The Labute approximate surface area is 187 Å². The lowest BCUT2D eigenvalue weighted by Gasteiger charge is -2.08. The molecular formula is C19H12F3N5O2S3. The zero-order chi connectivity index (χ0) is 22.5. The molecule has 0 unspecified atom stereocenters. The largest absolute Gasteiger partial charge is 0.416 e. The molecule has 5 aromatic rings. The van der Waals surface area contributed by atoms with Crippen molar-refractivity contribution < 1.29 is 21.6 Å². The quantitative estimate of drug-likeness (QED) is 0.375. The molecule has 0 bridgehead atoms. The highest BCUT2D eigenvalue weighted by molar-refractivity contribution is 7.91. The summed E-state index contributed by atoms with van der Waals surface area (Å²) in [6.45, 7) is 0.496. The van der Waals surface area contributed by atoms with Gasteiger partial charge in [-0.05, 0) is 47.2 Å². The summed E-state index contributed by atoms with van der Waals surface area (Å²) in [4.78, 5) is 5.21. The number of fused-ring (bicyclic) bond motifs is 3. The van der Waals surface area contributed by atoms with Crippen LogP contribution in [-0.2, 0) is 22.6 Å². The van der Waals surface area contributed by atoms with Crippen molar-refractivity contribution in [1.82, 2.24) is 19.8 Å². The van der Waals surface area contributed by atoms with Crippen LogP contribution in [0.25, 0.3) is 15.9 Å². The maximum atomic E-state index is 13.1. The van der Waals surface area contributed by atoms with Crippen LogP contribution in [0.15, 0.2) is 63.1 Å². The predicted octanol–water partition coefficient (Wildman–Crippen LogP) is 4.86. The lowest BCUT2D eigenvalue weighted by atomic mass is 10.2. The van der Waals surface area contributed by atoms with Crippen molar-refractivity contribution in [3.05, 3.63) is 63.7 Å². The Morgan fingerprint density at radius 1 is 1.03 bits per heavy atom. The van der Waals surface area contributed by atoms with E-state index < -0.39 is 26.6 Å². The van der Waals surface area contributed by atoms with E-state index in [2.05, 4.69) is 20.6 Å². The molecule has 0 amide bonds. The molecule has 0 aliphatic carbocycles. The summed E-state index contributed by atoms with van der Waals surface area (Å²) in [5.41, 5.74) is -0.332. The van der Waals surface area contributed by atoms with E-state index in [1.165, 1.54) is 15.9 Å². The van der Waals surface area contributed by atoms with Crippen LogP contribution in [-0.4, -0.2) is 28.2 Å². The highest BCUT2D eigenvalue weighted by Crippen LogP contribution is 2.33. The van der Waals surface area contributed by atoms with Gasteiger partial charge in [0.05, 0.1) is 27.2 Å². The average molecular weight is 496 g/mol. The number of thiophene rings is 2. The van der Waals surface area contributed by atoms with Crippen molar-refractivity contribution in [3.8, 4) is 0 Å². The summed E-state index contributed by atoms with van der Waals surface area (Å²) in [7, 11) is -4.26. The SMILES string of the molecule is O=S(=O)(c1ccc(C(F)(F)F)cc1)c1nnn2c1nc(NCc1cccs1)c1sccc12. The fraction of sp³-hybridized carbons (Fsp3) is 0.105. The Kier molecular flexibility index (Phi) is 4.91. The standard InChI is InChI=1S/C19H12F3N5O2S3/c20-19(21,22)11-3-5-13(6-4-11)32(28,29)18-17-24-16(23-10-12-2-1-8-30-12)15-14(7-9-31-15)27(17)26-25-18/h1-9H,10H2,(H,23,24). The van der Waals surface area contributed by atoms with Gasteiger partial charge in [-0.25, -0.2) is 13.4 Å². The van der Waals surface area contributed by atoms with Crippen LogP contribution in [0.2, 0.25) is 0 Å². The summed E-state index contributed by atoms with van der Waals surface area (Å²) < 4.78 is 66.9. The molecule has 0 fully saturated rings. The van der Waals surface area contributed by atoms with Gasteiger partial charge in [0.1, 0.15) is 5.82 Å². The molecule has 0 radical (unpaired) electrons. The summed E-state index contributed by atoms with van der Waals surface area (Å²) in [6, 6.07) is 8.91. The van der Waals surface area contributed by atoms with Gasteiger partial charge in [0.15, 0.2) is 5.65 Å². The molecular weight excluding hydrogens is 483 g/mol. The number of sulfone groups is 1. The monoisotopic (exact) mass is 495 g/mol. The Hall–Kier alpha value is -3.03. The molecule has 4 heterocycles. The van der Waals surface area contributed by atoms with E-state index in [1.807, 2.05) is 22.9 Å². The van der Waals surface area contributed by atoms with Crippen LogP contribution in [0, 0.1) is 0 Å². The van der Waals surface area contributed by atoms with E-state index in [9.17, 15) is 21.6 Å². The van der Waals surface area contributed by atoms with Gasteiger partial charge in [-0.15, -0.1) is 27.8 Å². The first-order chi connectivity index (χ1) is 15.2. The van der Waals surface area contributed by atoms with Gasteiger partial charge in [0.25, 0.3) is 0 Å². The molecule has 0 aliphatic rings. The number of anilines is 1. The predicted molar refractivity (Wildman–Crippen MR) is 115 cm³/mol. The van der Waals surface area contributed by atoms with Gasteiger partial charge in [0, 0.05) is 4.88 Å². The Morgan fingerprint density at radius 2 is 1.81 bits per heavy atom. The molecule has 164 valence electrons. The molecule has 13 heteroatoms. The molecule has 0 atom stereocenters. The average Bonchev–Trinajstić information content (AvgIpc) is 3.51. The second-order valence-electron chi connectivity index (χ2n) is 6.68. The fourth-order valence-corrected chi connectivity index (χ4v) is 5.85. The highest BCUT2D eigenvalue weighted by Gasteiger charge is 2.32. The van der Waals surface area contributed by atoms with E-state index in [1.54, 1.807) is 17.4 Å². The van der Waals surface area contributed by atoms with Crippen LogP contribution in [0.3, 0.4) is 0 Å². The topological polar surface area (TPSA) is 89.2 Å². The van der Waals surface area contributed by atoms with Crippen LogP contribution >= 0.6 is 22.7 Å². The molecule has 32 heavy (non-hydrogen) atoms. The van der Waals surface area contributed by atoms with Gasteiger partial charge < -0.3 is 5.32 Å². The van der Waals surface area contributed by atoms with Crippen LogP contribution in [0.4, 0.5) is 19.0 Å². The molecule has 5 rings (SSSR count). The fourth-order valence-electron chi connectivity index (χ4n) is 3.14. The zero-order valence-corrected chi connectivity index (χ0v) is 18.3. The molecule has 7 nitrogen and oxygen atoms in total. The third kappa shape index (κ3) is 3.51. The van der Waals surface area contributed by atoms with Crippen LogP contribution in [0.1, 0.15) is 10.4 Å². The number of aromatic nitrogens is 4. The number of benzene rings is 1. The molecule has 0 saturated carbocycles. The summed E-state index contributed by atoms with van der Waals surface area (Å²) in [5.74, 6) is 0.474. The third-order valence-electron chi connectivity index (χ3n) is 4.68. The second-order valence-corrected chi connectivity index (χ2v) is 10.5. The van der Waals surface area contributed by atoms with Gasteiger partial charge in [0.2, 0.25) is 14.9 Å². The van der Waals surface area contributed by atoms with Gasteiger partial charge in [-0.2, -0.15) is 17.7 Å². The first-order valence-corrected chi connectivity index (χ1v) is 12.3. The number of nitrogens with one attached hydrogen (secondary N) is 1. The first kappa shape index (κ1) is 20.8. The number of halogens is 3. The number of alkyl halides is 3. The van der Waals surface area contributed by atoms with Crippen LogP contribution < -0.4 is 5.32 Å². The third-order valence-corrected chi connectivity index (χ3v) is 8.13. The first-order valence-electron chi connectivity index (χ1n) is 9.06. The smallest absolute Gasteiger partial charge is 0.364 e. The molecule has 1 N–H and O–H groups in total. The molecule has 4 aromatic heterocycles. The van der Waals surface area contributed by atoms with Crippen molar-refractivity contribution in [2.24, 2.45) is 0 Å². The van der Waals surface area contributed by atoms with E-state index in [-0.39, 0.29) is 10.5 Å². The van der Waals surface area contributed by atoms with Gasteiger partial charge in [-0.3, -0.25) is 0 Å². The van der Waals surface area contributed by atoms with Crippen molar-refractivity contribution in [2.75, 3.05) is 5.32 Å². The summed E-state index contributed by atoms with van der Waals surface area (Å²) in [6.07, 6.45) is -4.57. The Balaban J connectivity index is 1.60. The normalized spacial score (nSPS) is 12.6. The number of hydrogen-bond acceptors (Lipinski definition) is 8. The second kappa shape index (κ2) is 7.53. The van der Waals surface area contributed by atoms with Gasteiger partial charge in [-0.1, -0.05) is 11.3 Å². The van der Waals surface area contributed by atoms with Crippen molar-refractivity contribution >= 4 is 54.2 Å². The molecule has 0 aliphatic heterocycles. The maximum Gasteiger partial charge on any atom is 0.416 e. The molecule has 0 spiro atoms. The van der Waals surface area contributed by atoms with E-state index in [0.717, 1.165) is 33.8 Å². The van der Waals surface area contributed by atoms with E-state index in [0.29, 0.717) is 17.9 Å². The van der Waals surface area contributed by atoms with E-state index in [4.69, 9.17) is 0 Å². The molecule has 1 aromatic carbocycles. The van der Waals surface area contributed by atoms with E-state index >= 15 is 0 Å². The molecule has 0 saturated heterocycles. The summed E-state index contributed by atoms with van der Waals surface area (Å²) >= 11 is 2.99. The van der Waals surface area contributed by atoms with Crippen molar-refractivity contribution in [2.45, 2.75) is 22.6 Å². The minimum atomic E-state index is -4.57. The minimum absolute atomic E-state index is 0.00974. The number of hydrogen-bond donors (Lipinski definition) is 1. The Morgan fingerprint density at radius 3 is 2.50 bits per heavy atom. The van der Waals surface area contributed by atoms with Crippen molar-refractivity contribution in [3.63, 3.8) is 0 Å². The minimum Gasteiger partial charge on any atom is -0.364 e. The lowest BCUT2D eigenvalue weighted by molar-refractivity contribution is -0.137. The summed E-state index contributed by atoms with van der Waals surface area (Å²) in [5, 5.41) is 14.3. The highest BCUT2D eigenvalue weighted by atomic mass is 32.2. The Bertz CT molecular complexity index is 1520. The zero-order valence-electron chi connectivity index (χ0n) is 15.9.